The molecule has 15 heteroatoms. The molecule has 2 N–H and O–H groups in total. The van der Waals surface area contributed by atoms with E-state index in [0.717, 1.165) is 5.41 Å². The fourth-order valence-corrected chi connectivity index (χ4v) is 7.41. The summed E-state index contributed by atoms with van der Waals surface area (Å²) < 4.78 is 76.7. The minimum Gasteiger partial charge on any atom is -0.395 e. The third kappa shape index (κ3) is 5.98. The number of ether oxygens (including phenoxy) is 2. The van der Waals surface area contributed by atoms with Crippen molar-refractivity contribution >= 4 is 33.7 Å². The summed E-state index contributed by atoms with van der Waals surface area (Å²) in [6.07, 6.45) is -1.74. The lowest BCUT2D eigenvalue weighted by atomic mass is 9.89. The van der Waals surface area contributed by atoms with E-state index in [2.05, 4.69) is 19.8 Å². The Morgan fingerprint density at radius 3 is 2.28 bits per heavy atom. The van der Waals surface area contributed by atoms with Gasteiger partial charge in [-0.25, -0.2) is 12.8 Å². The van der Waals surface area contributed by atoms with Gasteiger partial charge in [0.15, 0.2) is 11.5 Å². The molecule has 46 heavy (non-hydrogen) atoms. The van der Waals surface area contributed by atoms with Crippen molar-refractivity contribution < 1.29 is 45.8 Å². The first-order valence-electron chi connectivity index (χ1n) is 14.8. The Morgan fingerprint density at radius 2 is 1.65 bits per heavy atom. The number of fused-ring (bicyclic) bond motifs is 1. The minimum atomic E-state index is -3.88. The van der Waals surface area contributed by atoms with Crippen LogP contribution in [0.25, 0.3) is 6.08 Å². The molecule has 2 fully saturated rings. The lowest BCUT2D eigenvalue weighted by Crippen LogP contribution is -2.50. The van der Waals surface area contributed by atoms with E-state index in [1.807, 2.05) is 0 Å². The molecule has 4 heterocycles. The number of nitrogens with one attached hydrogen (secondary N) is 1. The third-order valence-electron chi connectivity index (χ3n) is 9.04. The summed E-state index contributed by atoms with van der Waals surface area (Å²) >= 11 is 0. The second-order valence-electron chi connectivity index (χ2n) is 12.2. The molecule has 0 atom stereocenters. The van der Waals surface area contributed by atoms with Crippen LogP contribution < -0.4 is 14.8 Å². The average molecular weight is 663 g/mol. The molecular formula is C31H33F3N4O7S. The number of sulfonamides is 1. The van der Waals surface area contributed by atoms with Gasteiger partial charge in [0.05, 0.1) is 5.60 Å². The normalized spacial score (nSPS) is 21.9. The number of benzene rings is 2. The number of likely N-dealkylation sites (tertiary alicyclic amines) is 1. The van der Waals surface area contributed by atoms with Crippen LogP contribution in [0.15, 0.2) is 40.7 Å². The number of alkyl halides is 3. The van der Waals surface area contributed by atoms with Crippen molar-refractivity contribution in [3.8, 4) is 11.5 Å². The maximum absolute atomic E-state index is 13.4. The number of amidine groups is 1. The zero-order valence-electron chi connectivity index (χ0n) is 25.2. The molecule has 2 aromatic carbocycles. The first-order valence-corrected chi connectivity index (χ1v) is 16.3. The van der Waals surface area contributed by atoms with Crippen LogP contribution in [0.1, 0.15) is 58.3 Å². The van der Waals surface area contributed by atoms with Crippen LogP contribution in [0.5, 0.6) is 11.5 Å². The topological polar surface area (TPSA) is 138 Å². The van der Waals surface area contributed by atoms with Crippen LogP contribution in [0.3, 0.4) is 0 Å². The Morgan fingerprint density at radius 1 is 1.02 bits per heavy atom. The monoisotopic (exact) mass is 662 g/mol. The fourth-order valence-electron chi connectivity index (χ4n) is 6.24. The number of nitrogens with zero attached hydrogens (tertiary/aromatic N) is 3. The van der Waals surface area contributed by atoms with E-state index in [4.69, 9.17) is 0 Å². The summed E-state index contributed by atoms with van der Waals surface area (Å²) in [5.74, 6) is -0.782. The number of piperidine rings is 2. The van der Waals surface area contributed by atoms with Gasteiger partial charge in [0.1, 0.15) is 18.0 Å². The zero-order valence-corrected chi connectivity index (χ0v) is 26.0. The molecule has 0 unspecified atom stereocenters. The van der Waals surface area contributed by atoms with E-state index in [9.17, 15) is 36.3 Å². The largest absolute Gasteiger partial charge is 0.586 e. The van der Waals surface area contributed by atoms with E-state index in [1.54, 1.807) is 30.9 Å². The Balaban J connectivity index is 1.11. The lowest BCUT2D eigenvalue weighted by molar-refractivity contribution is -0.286. The number of carbonyl (C=O) groups is 2. The lowest BCUT2D eigenvalue weighted by Gasteiger charge is -2.36. The number of aliphatic imine (C=N–C) groups is 1. The Hall–Kier alpha value is -3.95. The molecule has 2 amide bonds. The molecule has 0 bridgehead atoms. The first kappa shape index (κ1) is 32.0. The molecule has 0 aromatic heterocycles. The SMILES string of the molecule is Cc1cc(C(=O)N2CCC(O)(CF)CC2)cc(C)c1/C=C/S(=O)(=O)N1CCC2(CC1)N=C(c1ccc3c(c1)OC(F)(F)O3)NC2=O. The van der Waals surface area contributed by atoms with Crippen LogP contribution >= 0.6 is 0 Å². The fraction of sp³-hybridized carbons (Fsp3) is 0.452. The summed E-state index contributed by atoms with van der Waals surface area (Å²) in [5.41, 5.74) is 0.223. The second kappa shape index (κ2) is 11.4. The van der Waals surface area contributed by atoms with Crippen molar-refractivity contribution in [3.63, 3.8) is 0 Å². The maximum Gasteiger partial charge on any atom is 0.586 e. The summed E-state index contributed by atoms with van der Waals surface area (Å²) in [6.45, 7) is 3.24. The highest BCUT2D eigenvalue weighted by Crippen LogP contribution is 2.42. The number of aryl methyl sites for hydroxylation is 2. The highest BCUT2D eigenvalue weighted by Gasteiger charge is 2.48. The molecular weight excluding hydrogens is 629 g/mol. The predicted molar refractivity (Wildman–Crippen MR) is 161 cm³/mol. The number of hydrogen-bond acceptors (Lipinski definition) is 8. The molecule has 4 aliphatic heterocycles. The summed E-state index contributed by atoms with van der Waals surface area (Å²) in [4.78, 5) is 32.2. The molecule has 0 radical (unpaired) electrons. The third-order valence-corrected chi connectivity index (χ3v) is 10.6. The average Bonchev–Trinajstić information content (AvgIpc) is 3.50. The summed E-state index contributed by atoms with van der Waals surface area (Å²) in [7, 11) is -3.88. The summed E-state index contributed by atoms with van der Waals surface area (Å²) in [6, 6.07) is 7.43. The standard InChI is InChI=1S/C31H33F3N4O7S/c1-19-15-22(27(39)37-10-6-29(41,18-32)7-11-37)16-20(2)23(19)5-14-46(42,43)38-12-8-30(9-13-38)28(40)35-26(36-30)21-3-4-24-25(17-21)45-31(33,34)44-24/h3-5,14-17,41H,6-13,18H2,1-2H3,(H,35,36,40)/b14-5+. The van der Waals surface area contributed by atoms with Gasteiger partial charge in [-0.15, -0.1) is 8.78 Å². The smallest absolute Gasteiger partial charge is 0.395 e. The molecule has 4 aliphatic rings. The van der Waals surface area contributed by atoms with E-state index in [0.29, 0.717) is 27.8 Å². The van der Waals surface area contributed by atoms with Gasteiger partial charge in [0.2, 0.25) is 10.0 Å². The molecule has 11 nitrogen and oxygen atoms in total. The van der Waals surface area contributed by atoms with Gasteiger partial charge in [0.25, 0.3) is 11.8 Å². The van der Waals surface area contributed by atoms with Crippen molar-refractivity contribution in [3.05, 3.63) is 63.6 Å². The van der Waals surface area contributed by atoms with Crippen molar-refractivity contribution in [2.75, 3.05) is 32.9 Å². The Kier molecular flexibility index (Phi) is 7.92. The van der Waals surface area contributed by atoms with Crippen molar-refractivity contribution in [2.45, 2.75) is 57.0 Å². The predicted octanol–water partition coefficient (Wildman–Crippen LogP) is 3.27. The highest BCUT2D eigenvalue weighted by atomic mass is 32.2. The molecule has 0 saturated carbocycles. The molecule has 1 spiro atoms. The van der Waals surface area contributed by atoms with Gasteiger partial charge in [-0.05, 0) is 92.6 Å². The maximum atomic E-state index is 13.4. The van der Waals surface area contributed by atoms with Crippen LogP contribution in [0.2, 0.25) is 0 Å². The van der Waals surface area contributed by atoms with Crippen LogP contribution in [0, 0.1) is 13.8 Å². The number of hydrogen-bond donors (Lipinski definition) is 2. The number of rotatable bonds is 6. The van der Waals surface area contributed by atoms with Gasteiger partial charge in [0, 0.05) is 42.7 Å². The van der Waals surface area contributed by atoms with Gasteiger partial charge in [-0.1, -0.05) is 0 Å². The van der Waals surface area contributed by atoms with Crippen LogP contribution in [0.4, 0.5) is 13.2 Å². The molecule has 6 rings (SSSR count). The zero-order chi connectivity index (χ0) is 33.1. The second-order valence-corrected chi connectivity index (χ2v) is 14.0. The van der Waals surface area contributed by atoms with Gasteiger partial charge in [-0.2, -0.15) is 4.31 Å². The first-order chi connectivity index (χ1) is 21.6. The van der Waals surface area contributed by atoms with E-state index < -0.39 is 40.0 Å². The quantitative estimate of drug-likeness (QED) is 0.485. The molecule has 246 valence electrons. The highest BCUT2D eigenvalue weighted by molar-refractivity contribution is 7.92. The van der Waals surface area contributed by atoms with Crippen LogP contribution in [-0.4, -0.2) is 90.7 Å². The van der Waals surface area contributed by atoms with Gasteiger partial charge < -0.3 is 24.8 Å². The summed E-state index contributed by atoms with van der Waals surface area (Å²) in [5, 5.41) is 13.9. The Labute approximate surface area is 263 Å². The van der Waals surface area contributed by atoms with E-state index in [-0.39, 0.29) is 75.1 Å². The molecule has 0 aliphatic carbocycles. The molecule has 2 aromatic rings. The van der Waals surface area contributed by atoms with Crippen molar-refractivity contribution in [2.24, 2.45) is 4.99 Å². The van der Waals surface area contributed by atoms with Gasteiger partial charge >= 0.3 is 6.29 Å². The minimum absolute atomic E-state index is 0.0308. The molecule has 2 saturated heterocycles. The number of aliphatic hydroxyl groups is 1. The number of halogens is 3. The number of carbonyl (C=O) groups excluding carboxylic acids is 2. The van der Waals surface area contributed by atoms with E-state index >= 15 is 0 Å². The van der Waals surface area contributed by atoms with Crippen LogP contribution in [-0.2, 0) is 14.8 Å². The van der Waals surface area contributed by atoms with Gasteiger partial charge in [-0.3, -0.25) is 14.6 Å². The van der Waals surface area contributed by atoms with E-state index in [1.165, 1.54) is 28.6 Å². The van der Waals surface area contributed by atoms with Crippen molar-refractivity contribution in [1.29, 1.82) is 0 Å². The Bertz CT molecular complexity index is 1740. The number of amides is 2. The van der Waals surface area contributed by atoms with Crippen molar-refractivity contribution in [1.82, 2.24) is 14.5 Å².